The first-order valence-electron chi connectivity index (χ1n) is 9.93. The van der Waals surface area contributed by atoms with Gasteiger partial charge in [-0.2, -0.15) is 9.29 Å². The summed E-state index contributed by atoms with van der Waals surface area (Å²) in [5.74, 6) is 1.20. The minimum atomic E-state index is -3.51. The predicted molar refractivity (Wildman–Crippen MR) is 109 cm³/mol. The van der Waals surface area contributed by atoms with Gasteiger partial charge in [0.05, 0.1) is 25.7 Å². The number of nitrogens with one attached hydrogen (secondary N) is 1. The number of likely N-dealkylation sites (tertiary alicyclic amines) is 1. The van der Waals surface area contributed by atoms with Crippen molar-refractivity contribution in [2.75, 3.05) is 39.4 Å². The number of urea groups is 1. The smallest absolute Gasteiger partial charge is 0.317 e. The molecule has 2 fully saturated rings. The van der Waals surface area contributed by atoms with Gasteiger partial charge in [-0.15, -0.1) is 11.3 Å². The Kier molecular flexibility index (Phi) is 6.37. The lowest BCUT2D eigenvalue weighted by Gasteiger charge is -2.31. The van der Waals surface area contributed by atoms with E-state index in [9.17, 15) is 13.2 Å². The van der Waals surface area contributed by atoms with Crippen molar-refractivity contribution in [3.05, 3.63) is 28.7 Å². The molecule has 10 nitrogen and oxygen atoms in total. The molecule has 0 aromatic carbocycles. The van der Waals surface area contributed by atoms with Crippen molar-refractivity contribution in [2.45, 2.75) is 36.4 Å². The normalized spacial score (nSPS) is 21.0. The van der Waals surface area contributed by atoms with Gasteiger partial charge in [-0.05, 0) is 31.9 Å². The minimum absolute atomic E-state index is 0.0395. The Bertz CT molecular complexity index is 983. The van der Waals surface area contributed by atoms with Gasteiger partial charge in [0.1, 0.15) is 4.21 Å². The Morgan fingerprint density at radius 2 is 2.10 bits per heavy atom. The first-order chi connectivity index (χ1) is 14.4. The predicted octanol–water partition coefficient (Wildman–Crippen LogP) is 1.55. The largest absolute Gasteiger partial charge is 0.379 e. The van der Waals surface area contributed by atoms with Gasteiger partial charge in [-0.25, -0.2) is 13.2 Å². The fraction of sp³-hybridized carbons (Fsp3) is 0.611. The van der Waals surface area contributed by atoms with Gasteiger partial charge in [-0.3, -0.25) is 0 Å². The molecule has 164 valence electrons. The molecule has 0 aliphatic carbocycles. The Morgan fingerprint density at radius 3 is 2.83 bits per heavy atom. The molecule has 1 unspecified atom stereocenters. The average Bonchev–Trinajstić information content (AvgIpc) is 3.42. The molecule has 30 heavy (non-hydrogen) atoms. The number of carbonyl (C=O) groups is 1. The van der Waals surface area contributed by atoms with Crippen LogP contribution in [0.25, 0.3) is 0 Å². The van der Waals surface area contributed by atoms with E-state index in [0.717, 1.165) is 17.7 Å². The Morgan fingerprint density at radius 1 is 1.30 bits per heavy atom. The zero-order valence-electron chi connectivity index (χ0n) is 16.7. The molecule has 2 aliphatic rings. The molecular weight excluding hydrogens is 430 g/mol. The molecule has 1 atom stereocenters. The third-order valence-corrected chi connectivity index (χ3v) is 8.67. The SMILES string of the molecule is Cc1noc(C2CCCN(C(=O)NCc3ccc(S(=O)(=O)N4CCOCC4)s3)C2)n1. The van der Waals surface area contributed by atoms with E-state index in [-0.39, 0.29) is 18.5 Å². The second-order valence-corrected chi connectivity index (χ2v) is 10.7. The molecule has 2 aliphatic heterocycles. The summed E-state index contributed by atoms with van der Waals surface area (Å²) in [7, 11) is -3.51. The van der Waals surface area contributed by atoms with E-state index in [1.807, 2.05) is 0 Å². The third-order valence-electron chi connectivity index (χ3n) is 5.22. The molecule has 0 spiro atoms. The van der Waals surface area contributed by atoms with Crippen molar-refractivity contribution in [2.24, 2.45) is 0 Å². The summed E-state index contributed by atoms with van der Waals surface area (Å²) in [4.78, 5) is 19.4. The Balaban J connectivity index is 1.33. The molecule has 0 radical (unpaired) electrons. The number of nitrogens with zero attached hydrogens (tertiary/aromatic N) is 4. The summed E-state index contributed by atoms with van der Waals surface area (Å²) in [5.41, 5.74) is 0. The fourth-order valence-corrected chi connectivity index (χ4v) is 6.48. The van der Waals surface area contributed by atoms with E-state index in [1.165, 1.54) is 15.6 Å². The van der Waals surface area contributed by atoms with Crippen LogP contribution in [0.3, 0.4) is 0 Å². The van der Waals surface area contributed by atoms with Crippen LogP contribution in [0.1, 0.15) is 35.4 Å². The number of ether oxygens (including phenoxy) is 1. The standard InChI is InChI=1S/C18H25N5O5S2/c1-13-20-17(28-21-13)14-3-2-6-22(12-14)18(24)19-11-15-4-5-16(29-15)30(25,26)23-7-9-27-10-8-23/h4-5,14H,2-3,6-12H2,1H3,(H,19,24). The summed E-state index contributed by atoms with van der Waals surface area (Å²) < 4.78 is 37.7. The van der Waals surface area contributed by atoms with Crippen LogP contribution >= 0.6 is 11.3 Å². The number of thiophene rings is 1. The van der Waals surface area contributed by atoms with E-state index >= 15 is 0 Å². The third kappa shape index (κ3) is 4.66. The lowest BCUT2D eigenvalue weighted by atomic mass is 9.98. The van der Waals surface area contributed by atoms with E-state index < -0.39 is 10.0 Å². The number of piperidine rings is 1. The first-order valence-corrected chi connectivity index (χ1v) is 12.2. The number of sulfonamides is 1. The van der Waals surface area contributed by atoms with E-state index in [2.05, 4.69) is 15.5 Å². The number of amides is 2. The molecule has 2 aromatic rings. The van der Waals surface area contributed by atoms with Crippen molar-refractivity contribution in [1.82, 2.24) is 24.7 Å². The monoisotopic (exact) mass is 455 g/mol. The van der Waals surface area contributed by atoms with Crippen LogP contribution in [0.15, 0.2) is 20.9 Å². The highest BCUT2D eigenvalue weighted by molar-refractivity contribution is 7.91. The van der Waals surface area contributed by atoms with Crippen LogP contribution in [0, 0.1) is 6.92 Å². The molecule has 2 saturated heterocycles. The van der Waals surface area contributed by atoms with E-state index in [1.54, 1.807) is 24.0 Å². The number of morpholine rings is 1. The minimum Gasteiger partial charge on any atom is -0.379 e. The lowest BCUT2D eigenvalue weighted by Crippen LogP contribution is -2.44. The quantitative estimate of drug-likeness (QED) is 0.727. The molecule has 1 N–H and O–H groups in total. The fourth-order valence-electron chi connectivity index (χ4n) is 3.62. The molecule has 4 rings (SSSR count). The second kappa shape index (κ2) is 9.00. The van der Waals surface area contributed by atoms with Gasteiger partial charge in [0.2, 0.25) is 5.89 Å². The summed E-state index contributed by atoms with van der Waals surface area (Å²) in [5, 5.41) is 6.72. The Labute approximate surface area is 179 Å². The van der Waals surface area contributed by atoms with Crippen LogP contribution in [-0.2, 0) is 21.3 Å². The summed E-state index contributed by atoms with van der Waals surface area (Å²) in [6, 6.07) is 3.17. The molecule has 2 aromatic heterocycles. The number of aromatic nitrogens is 2. The number of hydrogen-bond donors (Lipinski definition) is 1. The summed E-state index contributed by atoms with van der Waals surface area (Å²) in [6.45, 7) is 4.79. The van der Waals surface area contributed by atoms with Crippen molar-refractivity contribution in [3.8, 4) is 0 Å². The molecule has 4 heterocycles. The number of carbonyl (C=O) groups excluding carboxylic acids is 1. The van der Waals surface area contributed by atoms with Gasteiger partial charge < -0.3 is 19.5 Å². The highest BCUT2D eigenvalue weighted by atomic mass is 32.2. The van der Waals surface area contributed by atoms with Gasteiger partial charge in [0.25, 0.3) is 10.0 Å². The van der Waals surface area contributed by atoms with Crippen LogP contribution in [0.5, 0.6) is 0 Å². The number of rotatable bonds is 5. The first kappa shape index (κ1) is 21.2. The highest BCUT2D eigenvalue weighted by Crippen LogP contribution is 2.27. The van der Waals surface area contributed by atoms with Crippen LogP contribution in [0.4, 0.5) is 4.79 Å². The van der Waals surface area contributed by atoms with Gasteiger partial charge >= 0.3 is 6.03 Å². The van der Waals surface area contributed by atoms with Crippen molar-refractivity contribution in [1.29, 1.82) is 0 Å². The average molecular weight is 456 g/mol. The maximum absolute atomic E-state index is 12.7. The highest BCUT2D eigenvalue weighted by Gasteiger charge is 2.29. The summed E-state index contributed by atoms with van der Waals surface area (Å²) >= 11 is 1.19. The molecular formula is C18H25N5O5S2. The maximum Gasteiger partial charge on any atom is 0.317 e. The number of hydrogen-bond acceptors (Lipinski definition) is 8. The van der Waals surface area contributed by atoms with Gasteiger partial charge in [-0.1, -0.05) is 5.16 Å². The topological polar surface area (TPSA) is 118 Å². The molecule has 0 saturated carbocycles. The van der Waals surface area contributed by atoms with E-state index in [4.69, 9.17) is 9.26 Å². The number of aryl methyl sites for hydroxylation is 1. The molecule has 2 amide bonds. The summed E-state index contributed by atoms with van der Waals surface area (Å²) in [6.07, 6.45) is 1.76. The van der Waals surface area contributed by atoms with Crippen LogP contribution in [-0.4, -0.2) is 73.2 Å². The zero-order chi connectivity index (χ0) is 21.1. The van der Waals surface area contributed by atoms with E-state index in [0.29, 0.717) is 55.3 Å². The molecule has 12 heteroatoms. The van der Waals surface area contributed by atoms with Crippen molar-refractivity contribution < 1.29 is 22.5 Å². The maximum atomic E-state index is 12.7. The Hall–Kier alpha value is -2.02. The second-order valence-electron chi connectivity index (χ2n) is 7.36. The van der Waals surface area contributed by atoms with Crippen LogP contribution < -0.4 is 5.32 Å². The molecule has 0 bridgehead atoms. The van der Waals surface area contributed by atoms with Crippen LogP contribution in [0.2, 0.25) is 0 Å². The van der Waals surface area contributed by atoms with Crippen molar-refractivity contribution >= 4 is 27.4 Å². The zero-order valence-corrected chi connectivity index (χ0v) is 18.4. The van der Waals surface area contributed by atoms with Gasteiger partial charge in [0.15, 0.2) is 5.82 Å². The van der Waals surface area contributed by atoms with Crippen molar-refractivity contribution in [3.63, 3.8) is 0 Å². The lowest BCUT2D eigenvalue weighted by molar-refractivity contribution is 0.0731. The van der Waals surface area contributed by atoms with Gasteiger partial charge in [0, 0.05) is 31.1 Å².